The first-order chi connectivity index (χ1) is 27.3. The number of pyridine rings is 1. The highest BCUT2D eigenvalue weighted by atomic mass is 19.0. The molecule has 0 aliphatic carbocycles. The van der Waals surface area contributed by atoms with Crippen LogP contribution >= 0.6 is 0 Å². The summed E-state index contributed by atoms with van der Waals surface area (Å²) in [6.07, 6.45) is 3.83. The highest BCUT2D eigenvalue weighted by Gasteiger charge is 2.36. The molecular formula is C44H49F2N5O7. The Balaban J connectivity index is 0.00000283. The SMILES string of the molecule is F.F.O=C(Nc1cc(CCCCn2c(=O)oc3cc(CCNC[C@H](O)c4ccc(O)c5[nH]c(=O)ccc45)ccc32)ccc1-c1ccccc1)O[C@@H]1CN2CCC1CC2. The Morgan fingerprint density at radius 2 is 1.69 bits per heavy atom. The molecule has 0 saturated carbocycles. The largest absolute Gasteiger partial charge is 0.506 e. The van der Waals surface area contributed by atoms with Gasteiger partial charge < -0.3 is 29.7 Å². The van der Waals surface area contributed by atoms with Crippen LogP contribution in [0, 0.1) is 5.92 Å². The third-order valence-electron chi connectivity index (χ3n) is 11.3. The summed E-state index contributed by atoms with van der Waals surface area (Å²) in [6, 6.07) is 28.1. The molecule has 2 bridgehead atoms. The van der Waals surface area contributed by atoms with Crippen molar-refractivity contribution in [1.82, 2.24) is 19.8 Å². The molecular weight excluding hydrogens is 749 g/mol. The summed E-state index contributed by atoms with van der Waals surface area (Å²) in [4.78, 5) is 42.8. The van der Waals surface area contributed by atoms with E-state index in [0.717, 1.165) is 85.2 Å². The first kappa shape index (κ1) is 41.8. The van der Waals surface area contributed by atoms with Crippen molar-refractivity contribution in [1.29, 1.82) is 0 Å². The Morgan fingerprint density at radius 1 is 0.914 bits per heavy atom. The van der Waals surface area contributed by atoms with Gasteiger partial charge in [0.05, 0.1) is 22.8 Å². The molecule has 3 saturated heterocycles. The van der Waals surface area contributed by atoms with Gasteiger partial charge in [-0.05, 0) is 117 Å². The van der Waals surface area contributed by atoms with Crippen LogP contribution in [0.2, 0.25) is 0 Å². The van der Waals surface area contributed by atoms with E-state index < -0.39 is 12.2 Å². The second-order valence-electron chi connectivity index (χ2n) is 15.0. The number of hydrogen-bond acceptors (Lipinski definition) is 9. The average molecular weight is 798 g/mol. The summed E-state index contributed by atoms with van der Waals surface area (Å²) < 4.78 is 13.3. The van der Waals surface area contributed by atoms with Crippen molar-refractivity contribution in [3.8, 4) is 16.9 Å². The van der Waals surface area contributed by atoms with Crippen LogP contribution in [0.4, 0.5) is 19.9 Å². The number of phenolic OH excluding ortho intramolecular Hbond substituents is 1. The fourth-order valence-electron chi connectivity index (χ4n) is 8.25. The Morgan fingerprint density at radius 3 is 2.47 bits per heavy atom. The fourth-order valence-corrected chi connectivity index (χ4v) is 8.25. The molecule has 6 aromatic rings. The zero-order valence-electron chi connectivity index (χ0n) is 32.0. The molecule has 0 unspecified atom stereocenters. The molecule has 0 spiro atoms. The van der Waals surface area contributed by atoms with Crippen LogP contribution in [0.3, 0.4) is 0 Å². The molecule has 2 atom stereocenters. The minimum Gasteiger partial charge on any atom is -0.506 e. The van der Waals surface area contributed by atoms with Gasteiger partial charge in [-0.15, -0.1) is 0 Å². The van der Waals surface area contributed by atoms with E-state index in [2.05, 4.69) is 32.7 Å². The lowest BCUT2D eigenvalue weighted by molar-refractivity contribution is -0.0289. The number of piperidine rings is 3. The molecule has 1 amide bonds. The zero-order valence-corrected chi connectivity index (χ0v) is 32.0. The fraction of sp³-hybridized carbons (Fsp3) is 0.341. The summed E-state index contributed by atoms with van der Waals surface area (Å²) in [6.45, 7) is 4.34. The Labute approximate surface area is 333 Å². The van der Waals surface area contributed by atoms with Gasteiger partial charge in [-0.3, -0.25) is 29.0 Å². The molecule has 0 radical (unpaired) electrons. The average Bonchev–Trinajstić information content (AvgIpc) is 3.52. The van der Waals surface area contributed by atoms with E-state index in [9.17, 15) is 24.6 Å². The highest BCUT2D eigenvalue weighted by molar-refractivity contribution is 5.92. The standard InChI is InChI=1S/C44H47N5O7.2FH/c50-37-15-12-33(34-13-16-41(52)47-42(34)37)38(51)26-45-20-17-29-10-14-36-39(25-29)56-44(54)49(36)21-5-4-6-28-9-11-32(30-7-2-1-3-8-30)35(24-28)46-43(53)55-40-27-48-22-18-31(40)19-23-48;;/h1-3,7-16,24-25,31,38,40,45,50-51H,4-6,17-23,26-27H2,(H,46,53)(H,47,52);2*1H/t38-,40+;;/m0../s1. The maximum Gasteiger partial charge on any atom is 0.419 e. The molecule has 9 rings (SSSR count). The van der Waals surface area contributed by atoms with Gasteiger partial charge in [0.2, 0.25) is 5.56 Å². The number of benzene rings is 4. The van der Waals surface area contributed by atoms with Gasteiger partial charge >= 0.3 is 11.8 Å². The lowest BCUT2D eigenvalue weighted by Crippen LogP contribution is -2.52. The number of fused-ring (bicyclic) bond motifs is 5. The summed E-state index contributed by atoms with van der Waals surface area (Å²) in [5, 5.41) is 27.9. The lowest BCUT2D eigenvalue weighted by atomic mass is 9.86. The molecule has 2 aromatic heterocycles. The van der Waals surface area contributed by atoms with E-state index in [1.54, 1.807) is 16.7 Å². The smallest absolute Gasteiger partial charge is 0.419 e. The normalized spacial score (nSPS) is 17.7. The molecule has 5 heterocycles. The van der Waals surface area contributed by atoms with Crippen molar-refractivity contribution in [3.63, 3.8) is 0 Å². The van der Waals surface area contributed by atoms with Gasteiger partial charge in [-0.25, -0.2) is 9.59 Å². The lowest BCUT2D eigenvalue weighted by Gasteiger charge is -2.43. The number of oxazole rings is 1. The number of H-pyrrole nitrogens is 1. The number of nitrogens with one attached hydrogen (secondary N) is 3. The number of unbranched alkanes of at least 4 members (excludes halogenated alkanes) is 1. The van der Waals surface area contributed by atoms with Crippen LogP contribution in [-0.4, -0.2) is 69.6 Å². The van der Waals surface area contributed by atoms with E-state index >= 15 is 0 Å². The van der Waals surface area contributed by atoms with Crippen molar-refractivity contribution in [2.75, 3.05) is 38.0 Å². The summed E-state index contributed by atoms with van der Waals surface area (Å²) in [5.74, 6) is -0.00979. The van der Waals surface area contributed by atoms with Crippen LogP contribution in [0.5, 0.6) is 5.75 Å². The minimum atomic E-state index is -0.852. The van der Waals surface area contributed by atoms with Crippen LogP contribution in [0.25, 0.3) is 33.1 Å². The maximum atomic E-state index is 13.2. The number of amides is 1. The number of rotatable bonds is 14. The Bertz CT molecular complexity index is 2460. The van der Waals surface area contributed by atoms with Crippen molar-refractivity contribution in [2.45, 2.75) is 57.3 Å². The number of aromatic nitrogens is 2. The summed E-state index contributed by atoms with van der Waals surface area (Å²) in [5.41, 5.74) is 6.61. The van der Waals surface area contributed by atoms with E-state index in [-0.39, 0.29) is 39.1 Å². The number of aliphatic hydroxyl groups is 1. The maximum absolute atomic E-state index is 13.2. The quantitative estimate of drug-likeness (QED) is 0.0761. The third kappa shape index (κ3) is 9.31. The van der Waals surface area contributed by atoms with Gasteiger partial charge in [-0.2, -0.15) is 0 Å². The van der Waals surface area contributed by atoms with Crippen molar-refractivity contribution < 1.29 is 33.6 Å². The number of aliphatic hydroxyl groups excluding tert-OH is 1. The van der Waals surface area contributed by atoms with Crippen LogP contribution < -0.4 is 21.9 Å². The molecule has 3 fully saturated rings. The molecule has 5 N–H and O–H groups in total. The van der Waals surface area contributed by atoms with Crippen molar-refractivity contribution >= 4 is 33.8 Å². The highest BCUT2D eigenvalue weighted by Crippen LogP contribution is 2.33. The molecule has 14 heteroatoms. The summed E-state index contributed by atoms with van der Waals surface area (Å²) in [7, 11) is 0. The van der Waals surface area contributed by atoms with Gasteiger partial charge in [0.15, 0.2) is 5.58 Å². The topological polar surface area (TPSA) is 162 Å². The molecule has 3 aliphatic heterocycles. The van der Waals surface area contributed by atoms with E-state index in [0.29, 0.717) is 47.5 Å². The molecule has 306 valence electrons. The number of phenols is 1. The minimum absolute atomic E-state index is 0. The van der Waals surface area contributed by atoms with Crippen LogP contribution in [0.15, 0.2) is 105 Å². The van der Waals surface area contributed by atoms with Crippen LogP contribution in [0.1, 0.15) is 48.5 Å². The number of hydrogen-bond donors (Lipinski definition) is 5. The van der Waals surface area contributed by atoms with Gasteiger partial charge in [0.25, 0.3) is 0 Å². The number of carbonyl (C=O) groups excluding carboxylic acids is 1. The first-order valence-corrected chi connectivity index (χ1v) is 19.5. The zero-order chi connectivity index (χ0) is 38.6. The number of anilines is 1. The van der Waals surface area contributed by atoms with Crippen LogP contribution in [-0.2, 0) is 24.1 Å². The monoisotopic (exact) mass is 797 g/mol. The number of halogens is 2. The van der Waals surface area contributed by atoms with E-state index in [1.807, 2.05) is 54.6 Å². The first-order valence-electron chi connectivity index (χ1n) is 19.5. The number of aromatic amines is 1. The summed E-state index contributed by atoms with van der Waals surface area (Å²) >= 11 is 0. The second-order valence-corrected chi connectivity index (χ2v) is 15.0. The number of ether oxygens (including phenoxy) is 1. The predicted octanol–water partition coefficient (Wildman–Crippen LogP) is 6.64. The third-order valence-corrected chi connectivity index (χ3v) is 11.3. The van der Waals surface area contributed by atoms with Gasteiger partial charge in [-0.1, -0.05) is 54.6 Å². The number of aryl methyl sites for hydroxylation is 2. The Kier molecular flexibility index (Phi) is 13.4. The molecule has 4 aromatic carbocycles. The number of carbonyl (C=O) groups is 1. The van der Waals surface area contributed by atoms with Crippen molar-refractivity contribution in [2.24, 2.45) is 5.92 Å². The van der Waals surface area contributed by atoms with E-state index in [4.69, 9.17) is 9.15 Å². The Hall–Kier alpha value is -5.83. The van der Waals surface area contributed by atoms with Crippen molar-refractivity contribution in [3.05, 3.63) is 129 Å². The predicted molar refractivity (Wildman–Crippen MR) is 221 cm³/mol. The number of aromatic hydroxyl groups is 1. The molecule has 58 heavy (non-hydrogen) atoms. The van der Waals surface area contributed by atoms with E-state index in [1.165, 1.54) is 12.1 Å². The molecule has 12 nitrogen and oxygen atoms in total. The second kappa shape index (κ2) is 18.6. The van der Waals surface area contributed by atoms with Gasteiger partial charge in [0.1, 0.15) is 11.9 Å². The number of nitrogens with zero attached hydrogens (tertiary/aromatic N) is 2. The van der Waals surface area contributed by atoms with Gasteiger partial charge in [0, 0.05) is 36.7 Å². The molecule has 3 aliphatic rings.